The summed E-state index contributed by atoms with van der Waals surface area (Å²) in [4.78, 5) is 0. The molecule has 1 nitrogen and oxygen atoms in total. The van der Waals surface area contributed by atoms with Crippen molar-refractivity contribution in [2.24, 2.45) is 11.8 Å². The second-order valence-electron chi connectivity index (χ2n) is 6.94. The van der Waals surface area contributed by atoms with Gasteiger partial charge in [0.05, 0.1) is 5.60 Å². The summed E-state index contributed by atoms with van der Waals surface area (Å²) in [5.74, 6) is 1.85. The molecule has 0 aromatic rings. The molecule has 2 aliphatic carbocycles. The van der Waals surface area contributed by atoms with Gasteiger partial charge in [0.1, 0.15) is 0 Å². The first-order valence-electron chi connectivity index (χ1n) is 8.46. The summed E-state index contributed by atoms with van der Waals surface area (Å²) in [6, 6.07) is 0. The zero-order chi connectivity index (χ0) is 12.8. The number of unbranched alkanes of at least 4 members (excludes halogenated alkanes) is 5. The van der Waals surface area contributed by atoms with Gasteiger partial charge in [0.25, 0.3) is 0 Å². The van der Waals surface area contributed by atoms with Crippen LogP contribution in [0.15, 0.2) is 0 Å². The van der Waals surface area contributed by atoms with E-state index in [1.165, 1.54) is 64.2 Å². The summed E-state index contributed by atoms with van der Waals surface area (Å²) >= 11 is 0. The number of hydrogen-bond donors (Lipinski definition) is 1. The van der Waals surface area contributed by atoms with Gasteiger partial charge >= 0.3 is 0 Å². The quantitative estimate of drug-likeness (QED) is 0.598. The van der Waals surface area contributed by atoms with E-state index in [-0.39, 0.29) is 5.60 Å². The normalized spacial score (nSPS) is 32.7. The Morgan fingerprint density at radius 2 is 1.67 bits per heavy atom. The van der Waals surface area contributed by atoms with Crippen LogP contribution < -0.4 is 0 Å². The molecule has 1 heteroatoms. The van der Waals surface area contributed by atoms with Gasteiger partial charge in [-0.05, 0) is 50.4 Å². The van der Waals surface area contributed by atoms with E-state index in [1.807, 2.05) is 0 Å². The van der Waals surface area contributed by atoms with Crippen LogP contribution in [0.1, 0.15) is 90.4 Å². The molecule has 2 fully saturated rings. The van der Waals surface area contributed by atoms with E-state index in [4.69, 9.17) is 0 Å². The van der Waals surface area contributed by atoms with Gasteiger partial charge in [0, 0.05) is 0 Å². The molecule has 0 heterocycles. The molecule has 2 aliphatic rings. The summed E-state index contributed by atoms with van der Waals surface area (Å²) in [6.45, 7) is 2.27. The van der Waals surface area contributed by atoms with Gasteiger partial charge < -0.3 is 5.11 Å². The van der Waals surface area contributed by atoms with Gasteiger partial charge in [-0.3, -0.25) is 0 Å². The maximum atomic E-state index is 10.7. The fraction of sp³-hybridized carbons (Fsp3) is 1.00. The molecular weight excluding hydrogens is 220 g/mol. The number of aliphatic hydroxyl groups is 1. The first-order chi connectivity index (χ1) is 8.73. The lowest BCUT2D eigenvalue weighted by molar-refractivity contribution is -0.0287. The molecule has 0 aromatic carbocycles. The molecule has 0 spiro atoms. The van der Waals surface area contributed by atoms with E-state index in [1.54, 1.807) is 0 Å². The van der Waals surface area contributed by atoms with E-state index in [9.17, 15) is 5.11 Å². The average molecular weight is 252 g/mol. The molecule has 0 saturated heterocycles. The largest absolute Gasteiger partial charge is 0.390 e. The molecule has 0 bridgehead atoms. The van der Waals surface area contributed by atoms with Crippen molar-refractivity contribution >= 4 is 0 Å². The maximum Gasteiger partial charge on any atom is 0.0650 e. The molecule has 0 aliphatic heterocycles. The standard InChI is InChI=1S/C17H32O/c1-2-3-4-5-6-7-12-17(18)13-8-9-16(14-17)15-10-11-15/h15-16,18H,2-14H2,1H3. The van der Waals surface area contributed by atoms with Crippen LogP contribution >= 0.6 is 0 Å². The monoisotopic (exact) mass is 252 g/mol. The van der Waals surface area contributed by atoms with Crippen LogP contribution in [0, 0.1) is 11.8 Å². The van der Waals surface area contributed by atoms with E-state index in [2.05, 4.69) is 6.92 Å². The van der Waals surface area contributed by atoms with Gasteiger partial charge in [0.2, 0.25) is 0 Å². The third-order valence-electron chi connectivity index (χ3n) is 5.14. The van der Waals surface area contributed by atoms with Crippen molar-refractivity contribution in [1.29, 1.82) is 0 Å². The Balaban J connectivity index is 1.60. The molecule has 18 heavy (non-hydrogen) atoms. The molecule has 0 amide bonds. The lowest BCUT2D eigenvalue weighted by atomic mass is 9.74. The molecule has 2 atom stereocenters. The Morgan fingerprint density at radius 3 is 2.39 bits per heavy atom. The molecule has 106 valence electrons. The second-order valence-corrected chi connectivity index (χ2v) is 6.94. The Bertz CT molecular complexity index is 234. The Morgan fingerprint density at radius 1 is 0.944 bits per heavy atom. The van der Waals surface area contributed by atoms with Crippen molar-refractivity contribution in [3.05, 3.63) is 0 Å². The summed E-state index contributed by atoms with van der Waals surface area (Å²) in [5, 5.41) is 10.7. The molecular formula is C17H32O. The minimum Gasteiger partial charge on any atom is -0.390 e. The molecule has 2 saturated carbocycles. The highest BCUT2D eigenvalue weighted by atomic mass is 16.3. The zero-order valence-electron chi connectivity index (χ0n) is 12.3. The number of hydrogen-bond acceptors (Lipinski definition) is 1. The van der Waals surface area contributed by atoms with Crippen molar-refractivity contribution in [2.75, 3.05) is 0 Å². The predicted molar refractivity (Wildman–Crippen MR) is 77.6 cm³/mol. The minimum absolute atomic E-state index is 0.281. The van der Waals surface area contributed by atoms with Crippen LogP contribution in [0.5, 0.6) is 0 Å². The van der Waals surface area contributed by atoms with Crippen LogP contribution in [0.4, 0.5) is 0 Å². The van der Waals surface area contributed by atoms with Crippen LogP contribution in [0.25, 0.3) is 0 Å². The second kappa shape index (κ2) is 6.93. The summed E-state index contributed by atoms with van der Waals surface area (Å²) in [7, 11) is 0. The van der Waals surface area contributed by atoms with Gasteiger partial charge in [-0.15, -0.1) is 0 Å². The van der Waals surface area contributed by atoms with Gasteiger partial charge in [-0.25, -0.2) is 0 Å². The van der Waals surface area contributed by atoms with E-state index in [0.717, 1.165) is 31.1 Å². The summed E-state index contributed by atoms with van der Waals surface area (Å²) < 4.78 is 0. The Hall–Kier alpha value is -0.0400. The van der Waals surface area contributed by atoms with Gasteiger partial charge in [0.15, 0.2) is 0 Å². The van der Waals surface area contributed by atoms with E-state index < -0.39 is 0 Å². The fourth-order valence-electron chi connectivity index (χ4n) is 3.82. The Kier molecular flexibility index (Phi) is 5.54. The highest BCUT2D eigenvalue weighted by molar-refractivity contribution is 4.92. The maximum absolute atomic E-state index is 10.7. The smallest absolute Gasteiger partial charge is 0.0650 e. The van der Waals surface area contributed by atoms with Gasteiger partial charge in [-0.1, -0.05) is 51.9 Å². The fourth-order valence-corrected chi connectivity index (χ4v) is 3.82. The topological polar surface area (TPSA) is 20.2 Å². The van der Waals surface area contributed by atoms with Crippen molar-refractivity contribution in [2.45, 2.75) is 96.0 Å². The third kappa shape index (κ3) is 4.57. The lowest BCUT2D eigenvalue weighted by Gasteiger charge is -2.37. The van der Waals surface area contributed by atoms with Crippen LogP contribution in [-0.4, -0.2) is 10.7 Å². The highest BCUT2D eigenvalue weighted by Crippen LogP contribution is 2.47. The van der Waals surface area contributed by atoms with Crippen molar-refractivity contribution in [3.8, 4) is 0 Å². The van der Waals surface area contributed by atoms with Crippen molar-refractivity contribution in [3.63, 3.8) is 0 Å². The SMILES string of the molecule is CCCCCCCCC1(O)CCCC(C2CC2)C1. The molecule has 0 aromatic heterocycles. The summed E-state index contributed by atoms with van der Waals surface area (Å²) in [5.41, 5.74) is -0.281. The van der Waals surface area contributed by atoms with Crippen LogP contribution in [-0.2, 0) is 0 Å². The Labute approximate surface area is 113 Å². The van der Waals surface area contributed by atoms with E-state index >= 15 is 0 Å². The highest BCUT2D eigenvalue weighted by Gasteiger charge is 2.40. The first kappa shape index (κ1) is 14.4. The average Bonchev–Trinajstić information content (AvgIpc) is 3.18. The summed E-state index contributed by atoms with van der Waals surface area (Å²) in [6.07, 6.45) is 16.9. The lowest BCUT2D eigenvalue weighted by Crippen LogP contribution is -2.35. The van der Waals surface area contributed by atoms with Crippen molar-refractivity contribution < 1.29 is 5.11 Å². The zero-order valence-corrected chi connectivity index (χ0v) is 12.3. The molecule has 0 radical (unpaired) electrons. The third-order valence-corrected chi connectivity index (χ3v) is 5.14. The molecule has 1 N–H and O–H groups in total. The predicted octanol–water partition coefficient (Wildman–Crippen LogP) is 5.07. The number of rotatable bonds is 8. The minimum atomic E-state index is -0.281. The van der Waals surface area contributed by atoms with E-state index in [0.29, 0.717) is 0 Å². The molecule has 2 rings (SSSR count). The van der Waals surface area contributed by atoms with Crippen LogP contribution in [0.2, 0.25) is 0 Å². The first-order valence-corrected chi connectivity index (χ1v) is 8.46. The van der Waals surface area contributed by atoms with Crippen LogP contribution in [0.3, 0.4) is 0 Å². The van der Waals surface area contributed by atoms with Crippen molar-refractivity contribution in [1.82, 2.24) is 0 Å². The van der Waals surface area contributed by atoms with Gasteiger partial charge in [-0.2, -0.15) is 0 Å². The molecule has 2 unspecified atom stereocenters.